The average Bonchev–Trinajstić information content (AvgIpc) is 2.60. The third-order valence-corrected chi connectivity index (χ3v) is 2.92. The topological polar surface area (TPSA) is 53.0 Å². The summed E-state index contributed by atoms with van der Waals surface area (Å²) in [7, 11) is 2.03. The van der Waals surface area contributed by atoms with Gasteiger partial charge in [0.25, 0.3) is 0 Å². The van der Waals surface area contributed by atoms with Crippen molar-refractivity contribution < 1.29 is 14.6 Å². The summed E-state index contributed by atoms with van der Waals surface area (Å²) in [5, 5.41) is 8.77. The second-order valence-corrected chi connectivity index (χ2v) is 4.18. The molecule has 1 amide bonds. The van der Waals surface area contributed by atoms with Gasteiger partial charge in [-0.05, 0) is 7.05 Å². The number of likely N-dealkylation sites (N-methyl/N-ethyl adjacent to an activating group) is 1. The molecule has 1 atom stereocenters. The van der Waals surface area contributed by atoms with E-state index in [0.29, 0.717) is 13.1 Å². The Kier molecular flexibility index (Phi) is 2.36. The number of ether oxygens (including phenoxy) is 1. The van der Waals surface area contributed by atoms with Crippen LogP contribution in [0, 0.1) is 0 Å². The summed E-state index contributed by atoms with van der Waals surface area (Å²) in [5.74, 6) is 0. The number of likely N-dealkylation sites (tertiary alicyclic amines) is 1. The summed E-state index contributed by atoms with van der Waals surface area (Å²) in [5.41, 5.74) is -0.305. The van der Waals surface area contributed by atoms with Crippen LogP contribution in [-0.4, -0.2) is 66.4 Å². The quantitative estimate of drug-likeness (QED) is 0.653. The van der Waals surface area contributed by atoms with Gasteiger partial charge in [-0.25, -0.2) is 4.79 Å². The lowest BCUT2D eigenvalue weighted by Gasteiger charge is -2.20. The Morgan fingerprint density at radius 1 is 1.57 bits per heavy atom. The summed E-state index contributed by atoms with van der Waals surface area (Å²) >= 11 is 0. The smallest absolute Gasteiger partial charge is 0.410 e. The summed E-state index contributed by atoms with van der Waals surface area (Å²) in [6, 6.07) is 0. The Labute approximate surface area is 83.2 Å². The minimum absolute atomic E-state index is 0.00101. The van der Waals surface area contributed by atoms with E-state index in [9.17, 15) is 4.79 Å². The SMILES string of the molecule is CN1CCC2(C1)CN(CCO)C(=O)O2. The zero-order chi connectivity index (χ0) is 10.2. The van der Waals surface area contributed by atoms with Crippen LogP contribution in [0.4, 0.5) is 4.79 Å². The van der Waals surface area contributed by atoms with Gasteiger partial charge in [-0.3, -0.25) is 0 Å². The van der Waals surface area contributed by atoms with E-state index in [-0.39, 0.29) is 18.3 Å². The van der Waals surface area contributed by atoms with Gasteiger partial charge in [0.2, 0.25) is 0 Å². The molecular formula is C9H16N2O3. The van der Waals surface area contributed by atoms with Crippen LogP contribution in [0.3, 0.4) is 0 Å². The first-order chi connectivity index (χ1) is 6.65. The van der Waals surface area contributed by atoms with Gasteiger partial charge in [0.15, 0.2) is 0 Å². The zero-order valence-electron chi connectivity index (χ0n) is 8.40. The molecule has 1 N–H and O–H groups in total. The zero-order valence-corrected chi connectivity index (χ0v) is 8.40. The van der Waals surface area contributed by atoms with Crippen molar-refractivity contribution in [2.75, 3.05) is 39.8 Å². The number of hydrogen-bond donors (Lipinski definition) is 1. The van der Waals surface area contributed by atoms with Crippen molar-refractivity contribution in [3.8, 4) is 0 Å². The fourth-order valence-corrected chi connectivity index (χ4v) is 2.24. The van der Waals surface area contributed by atoms with E-state index in [2.05, 4.69) is 4.90 Å². The van der Waals surface area contributed by atoms with Crippen LogP contribution in [0.1, 0.15) is 6.42 Å². The second kappa shape index (κ2) is 3.40. The van der Waals surface area contributed by atoms with Crippen molar-refractivity contribution in [2.45, 2.75) is 12.0 Å². The molecule has 0 saturated carbocycles. The third kappa shape index (κ3) is 1.57. The highest BCUT2D eigenvalue weighted by Gasteiger charge is 2.48. The lowest BCUT2D eigenvalue weighted by molar-refractivity contribution is 0.0655. The summed E-state index contributed by atoms with van der Waals surface area (Å²) in [4.78, 5) is 15.2. The first-order valence-corrected chi connectivity index (χ1v) is 4.92. The molecule has 2 fully saturated rings. The number of carbonyl (C=O) groups excluding carboxylic acids is 1. The molecule has 80 valence electrons. The molecule has 0 radical (unpaired) electrons. The summed E-state index contributed by atoms with van der Waals surface area (Å²) < 4.78 is 5.38. The Hall–Kier alpha value is -0.810. The van der Waals surface area contributed by atoms with E-state index in [1.807, 2.05) is 7.05 Å². The fraction of sp³-hybridized carbons (Fsp3) is 0.889. The third-order valence-electron chi connectivity index (χ3n) is 2.92. The lowest BCUT2D eigenvalue weighted by Crippen LogP contribution is -2.37. The van der Waals surface area contributed by atoms with Gasteiger partial charge in [-0.15, -0.1) is 0 Å². The second-order valence-electron chi connectivity index (χ2n) is 4.18. The minimum atomic E-state index is -0.305. The number of rotatable bonds is 2. The molecule has 5 heteroatoms. The highest BCUT2D eigenvalue weighted by atomic mass is 16.6. The van der Waals surface area contributed by atoms with Crippen LogP contribution in [0.2, 0.25) is 0 Å². The Bertz CT molecular complexity index is 246. The number of aliphatic hydroxyl groups excluding tert-OH is 1. The van der Waals surface area contributed by atoms with Crippen molar-refractivity contribution in [1.82, 2.24) is 9.80 Å². The molecule has 2 aliphatic rings. The lowest BCUT2D eigenvalue weighted by atomic mass is 10.0. The van der Waals surface area contributed by atoms with Gasteiger partial charge < -0.3 is 19.6 Å². The van der Waals surface area contributed by atoms with Crippen molar-refractivity contribution in [3.05, 3.63) is 0 Å². The average molecular weight is 200 g/mol. The van der Waals surface area contributed by atoms with Crippen molar-refractivity contribution >= 4 is 6.09 Å². The van der Waals surface area contributed by atoms with Gasteiger partial charge in [-0.1, -0.05) is 0 Å². The number of carbonyl (C=O) groups is 1. The van der Waals surface area contributed by atoms with E-state index < -0.39 is 0 Å². The first-order valence-electron chi connectivity index (χ1n) is 4.92. The molecule has 1 spiro atoms. The van der Waals surface area contributed by atoms with Gasteiger partial charge in [0, 0.05) is 26.1 Å². The van der Waals surface area contributed by atoms with E-state index in [4.69, 9.17) is 9.84 Å². The Balaban J connectivity index is 2.01. The van der Waals surface area contributed by atoms with E-state index in [1.165, 1.54) is 0 Å². The van der Waals surface area contributed by atoms with Crippen molar-refractivity contribution in [3.63, 3.8) is 0 Å². The van der Waals surface area contributed by atoms with Crippen LogP contribution >= 0.6 is 0 Å². The molecule has 0 aliphatic carbocycles. The number of aliphatic hydroxyl groups is 1. The molecule has 14 heavy (non-hydrogen) atoms. The van der Waals surface area contributed by atoms with Gasteiger partial charge in [0.05, 0.1) is 13.2 Å². The first kappa shape index (κ1) is 9.73. The molecule has 2 saturated heterocycles. The van der Waals surface area contributed by atoms with E-state index in [1.54, 1.807) is 4.90 Å². The van der Waals surface area contributed by atoms with Crippen LogP contribution < -0.4 is 0 Å². The monoisotopic (exact) mass is 200 g/mol. The molecule has 5 nitrogen and oxygen atoms in total. The predicted molar refractivity (Wildman–Crippen MR) is 50.0 cm³/mol. The molecule has 2 aliphatic heterocycles. The molecule has 2 rings (SSSR count). The Morgan fingerprint density at radius 3 is 2.93 bits per heavy atom. The maximum atomic E-state index is 11.4. The van der Waals surface area contributed by atoms with Gasteiger partial charge in [-0.2, -0.15) is 0 Å². The number of amides is 1. The molecule has 2 heterocycles. The highest BCUT2D eigenvalue weighted by Crippen LogP contribution is 2.31. The number of nitrogens with zero attached hydrogens (tertiary/aromatic N) is 2. The molecule has 0 bridgehead atoms. The molecule has 0 aromatic rings. The minimum Gasteiger partial charge on any atom is -0.439 e. The number of hydrogen-bond acceptors (Lipinski definition) is 4. The van der Waals surface area contributed by atoms with Crippen LogP contribution in [0.15, 0.2) is 0 Å². The normalized spacial score (nSPS) is 33.0. The van der Waals surface area contributed by atoms with Gasteiger partial charge >= 0.3 is 6.09 Å². The molecule has 0 aromatic carbocycles. The fourth-order valence-electron chi connectivity index (χ4n) is 2.24. The van der Waals surface area contributed by atoms with Gasteiger partial charge in [0.1, 0.15) is 5.60 Å². The molecular weight excluding hydrogens is 184 g/mol. The summed E-state index contributed by atoms with van der Waals surface area (Å²) in [6.45, 7) is 2.78. The predicted octanol–water partition coefficient (Wildman–Crippen LogP) is -0.495. The maximum absolute atomic E-state index is 11.4. The molecule has 0 aromatic heterocycles. The number of β-amino-alcohol motifs (C(OH)–C–C–N with tert-alkyl or cyclic N) is 1. The maximum Gasteiger partial charge on any atom is 0.410 e. The van der Waals surface area contributed by atoms with Crippen LogP contribution in [0.25, 0.3) is 0 Å². The van der Waals surface area contributed by atoms with Crippen LogP contribution in [-0.2, 0) is 4.74 Å². The van der Waals surface area contributed by atoms with Crippen molar-refractivity contribution in [1.29, 1.82) is 0 Å². The van der Waals surface area contributed by atoms with E-state index in [0.717, 1.165) is 19.5 Å². The van der Waals surface area contributed by atoms with E-state index >= 15 is 0 Å². The summed E-state index contributed by atoms with van der Waals surface area (Å²) in [6.07, 6.45) is 0.617. The van der Waals surface area contributed by atoms with Crippen LogP contribution in [0.5, 0.6) is 0 Å². The Morgan fingerprint density at radius 2 is 2.36 bits per heavy atom. The standard InChI is InChI=1S/C9H16N2O3/c1-10-3-2-9(6-10)7-11(4-5-12)8(13)14-9/h12H,2-7H2,1H3. The van der Waals surface area contributed by atoms with Crippen molar-refractivity contribution in [2.24, 2.45) is 0 Å². The molecule has 1 unspecified atom stereocenters. The largest absolute Gasteiger partial charge is 0.439 e. The highest BCUT2D eigenvalue weighted by molar-refractivity contribution is 5.70.